The van der Waals surface area contributed by atoms with Crippen LogP contribution in [0.25, 0.3) is 10.9 Å². The number of rotatable bonds is 3. The third-order valence-electron chi connectivity index (χ3n) is 4.52. The third-order valence-corrected chi connectivity index (χ3v) is 4.52. The largest absolute Gasteiger partial charge is 0.349 e. The van der Waals surface area contributed by atoms with Crippen molar-refractivity contribution in [1.29, 1.82) is 0 Å². The van der Waals surface area contributed by atoms with E-state index in [2.05, 4.69) is 10.3 Å². The highest BCUT2D eigenvalue weighted by Crippen LogP contribution is 2.24. The van der Waals surface area contributed by atoms with E-state index < -0.39 is 0 Å². The zero-order valence-corrected chi connectivity index (χ0v) is 13.7. The molecule has 0 aliphatic heterocycles. The van der Waals surface area contributed by atoms with Gasteiger partial charge in [-0.25, -0.2) is 0 Å². The first-order chi connectivity index (χ1) is 10.7. The van der Waals surface area contributed by atoms with Crippen molar-refractivity contribution in [3.05, 3.63) is 46.2 Å². The molecule has 124 valence electrons. The average Bonchev–Trinajstić information content (AvgIpc) is 2.54. The van der Waals surface area contributed by atoms with Gasteiger partial charge in [0.1, 0.15) is 0 Å². The van der Waals surface area contributed by atoms with Crippen LogP contribution in [0.1, 0.15) is 36.0 Å². The van der Waals surface area contributed by atoms with E-state index in [4.69, 9.17) is 5.73 Å². The first kappa shape index (κ1) is 17.5. The van der Waals surface area contributed by atoms with E-state index in [1.807, 2.05) is 18.2 Å². The molecule has 1 aromatic heterocycles. The molecule has 1 heterocycles. The summed E-state index contributed by atoms with van der Waals surface area (Å²) in [5.74, 6) is 0.138. The van der Waals surface area contributed by atoms with Crippen LogP contribution in [0.5, 0.6) is 0 Å². The van der Waals surface area contributed by atoms with Gasteiger partial charge in [0.15, 0.2) is 0 Å². The lowest BCUT2D eigenvalue weighted by Crippen LogP contribution is -2.44. The van der Waals surface area contributed by atoms with E-state index in [1.54, 1.807) is 6.07 Å². The van der Waals surface area contributed by atoms with Gasteiger partial charge in [-0.3, -0.25) is 9.59 Å². The highest BCUT2D eigenvalue weighted by Gasteiger charge is 2.26. The summed E-state index contributed by atoms with van der Waals surface area (Å²) in [5.41, 5.74) is 6.67. The molecule has 1 fully saturated rings. The quantitative estimate of drug-likeness (QED) is 0.803. The fraction of sp³-hybridized carbons (Fsp3) is 0.412. The fourth-order valence-corrected chi connectivity index (χ4v) is 3.32. The van der Waals surface area contributed by atoms with Crippen LogP contribution in [-0.4, -0.2) is 23.5 Å². The van der Waals surface area contributed by atoms with E-state index in [0.717, 1.165) is 24.6 Å². The molecular formula is C17H22ClN3O2. The molecule has 1 aliphatic rings. The third kappa shape index (κ3) is 3.74. The predicted octanol–water partition coefficient (Wildman–Crippen LogP) is 2.20. The molecule has 0 radical (unpaired) electrons. The Kier molecular flexibility index (Phi) is 5.80. The number of pyridine rings is 1. The first-order valence-corrected chi connectivity index (χ1v) is 7.82. The van der Waals surface area contributed by atoms with Gasteiger partial charge in [0.25, 0.3) is 5.91 Å². The van der Waals surface area contributed by atoms with Gasteiger partial charge in [-0.2, -0.15) is 0 Å². The summed E-state index contributed by atoms with van der Waals surface area (Å²) in [6.07, 6.45) is 4.28. The topological polar surface area (TPSA) is 88.0 Å². The number of fused-ring (bicyclic) bond motifs is 1. The van der Waals surface area contributed by atoms with Crippen molar-refractivity contribution in [2.45, 2.75) is 31.7 Å². The summed E-state index contributed by atoms with van der Waals surface area (Å²) in [6, 6.07) is 8.83. The number of nitrogens with one attached hydrogen (secondary N) is 2. The lowest BCUT2D eigenvalue weighted by Gasteiger charge is -2.31. The molecule has 4 N–H and O–H groups in total. The normalized spacial score (nSPS) is 20.7. The van der Waals surface area contributed by atoms with Crippen LogP contribution in [0.15, 0.2) is 35.1 Å². The molecule has 1 saturated carbocycles. The number of carbonyl (C=O) groups is 1. The molecule has 0 saturated heterocycles. The minimum Gasteiger partial charge on any atom is -0.349 e. The Morgan fingerprint density at radius 2 is 2.00 bits per heavy atom. The zero-order valence-electron chi connectivity index (χ0n) is 12.9. The van der Waals surface area contributed by atoms with Gasteiger partial charge in [0.2, 0.25) is 5.56 Å². The Balaban J connectivity index is 0.00000192. The van der Waals surface area contributed by atoms with Crippen LogP contribution in [0, 0.1) is 5.92 Å². The monoisotopic (exact) mass is 335 g/mol. The Morgan fingerprint density at radius 1 is 1.26 bits per heavy atom. The maximum absolute atomic E-state index is 12.6. The number of aromatic nitrogens is 1. The molecule has 23 heavy (non-hydrogen) atoms. The molecule has 2 atom stereocenters. The van der Waals surface area contributed by atoms with Crippen LogP contribution >= 0.6 is 12.4 Å². The number of carbonyl (C=O) groups excluding carboxylic acids is 1. The van der Waals surface area contributed by atoms with Crippen LogP contribution in [0.4, 0.5) is 0 Å². The van der Waals surface area contributed by atoms with E-state index in [0.29, 0.717) is 23.5 Å². The van der Waals surface area contributed by atoms with Crippen LogP contribution in [-0.2, 0) is 0 Å². The number of nitrogens with two attached hydrogens (primary N) is 1. The van der Waals surface area contributed by atoms with Gasteiger partial charge in [-0.1, -0.05) is 31.0 Å². The number of H-pyrrole nitrogens is 1. The molecular weight excluding hydrogens is 314 g/mol. The van der Waals surface area contributed by atoms with Gasteiger partial charge < -0.3 is 16.0 Å². The van der Waals surface area contributed by atoms with Gasteiger partial charge in [-0.05, 0) is 31.4 Å². The first-order valence-electron chi connectivity index (χ1n) is 7.82. The minimum absolute atomic E-state index is 0. The van der Waals surface area contributed by atoms with E-state index in [9.17, 15) is 9.59 Å². The molecule has 5 nitrogen and oxygen atoms in total. The summed E-state index contributed by atoms with van der Waals surface area (Å²) < 4.78 is 0. The number of halogens is 1. The summed E-state index contributed by atoms with van der Waals surface area (Å²) >= 11 is 0. The molecule has 3 rings (SSSR count). The average molecular weight is 336 g/mol. The Bertz CT molecular complexity index is 744. The fourth-order valence-electron chi connectivity index (χ4n) is 3.32. The molecule has 1 amide bonds. The molecule has 1 aromatic carbocycles. The van der Waals surface area contributed by atoms with Crippen molar-refractivity contribution in [3.63, 3.8) is 0 Å². The Morgan fingerprint density at radius 3 is 2.78 bits per heavy atom. The maximum atomic E-state index is 12.6. The van der Waals surface area contributed by atoms with Crippen molar-refractivity contribution in [3.8, 4) is 0 Å². The van der Waals surface area contributed by atoms with Gasteiger partial charge in [-0.15, -0.1) is 12.4 Å². The molecule has 0 spiro atoms. The molecule has 2 unspecified atom stereocenters. The van der Waals surface area contributed by atoms with Crippen LogP contribution in [0.2, 0.25) is 0 Å². The minimum atomic E-state index is -0.261. The highest BCUT2D eigenvalue weighted by atomic mass is 35.5. The SMILES string of the molecule is Cl.NCC1CCCCC1NC(=O)c1cc(=O)[nH]c2ccccc12. The molecule has 2 aromatic rings. The van der Waals surface area contributed by atoms with Crippen molar-refractivity contribution >= 4 is 29.2 Å². The molecule has 0 bridgehead atoms. The predicted molar refractivity (Wildman–Crippen MR) is 94.1 cm³/mol. The van der Waals surface area contributed by atoms with E-state index in [-0.39, 0.29) is 29.9 Å². The van der Waals surface area contributed by atoms with Crippen molar-refractivity contribution in [2.24, 2.45) is 11.7 Å². The maximum Gasteiger partial charge on any atom is 0.252 e. The Labute approximate surface area is 141 Å². The van der Waals surface area contributed by atoms with Gasteiger partial charge in [0.05, 0.1) is 5.56 Å². The smallest absolute Gasteiger partial charge is 0.252 e. The number of para-hydroxylation sites is 1. The summed E-state index contributed by atoms with van der Waals surface area (Å²) in [7, 11) is 0. The van der Waals surface area contributed by atoms with Crippen LogP contribution < -0.4 is 16.6 Å². The second-order valence-electron chi connectivity index (χ2n) is 5.95. The van der Waals surface area contributed by atoms with Gasteiger partial charge in [0, 0.05) is 23.0 Å². The lowest BCUT2D eigenvalue weighted by molar-refractivity contribution is 0.0909. The van der Waals surface area contributed by atoms with Crippen molar-refractivity contribution in [2.75, 3.05) is 6.54 Å². The summed E-state index contributed by atoms with van der Waals surface area (Å²) in [5, 5.41) is 3.85. The number of benzene rings is 1. The second-order valence-corrected chi connectivity index (χ2v) is 5.95. The lowest BCUT2D eigenvalue weighted by atomic mass is 9.84. The van der Waals surface area contributed by atoms with Gasteiger partial charge >= 0.3 is 0 Å². The van der Waals surface area contributed by atoms with Crippen LogP contribution in [0.3, 0.4) is 0 Å². The number of hydrogen-bond acceptors (Lipinski definition) is 3. The second kappa shape index (κ2) is 7.62. The summed E-state index contributed by atoms with van der Waals surface area (Å²) in [4.78, 5) is 27.2. The summed E-state index contributed by atoms with van der Waals surface area (Å²) in [6.45, 7) is 0.584. The van der Waals surface area contributed by atoms with E-state index >= 15 is 0 Å². The van der Waals surface area contributed by atoms with E-state index in [1.165, 1.54) is 12.5 Å². The van der Waals surface area contributed by atoms with Crippen molar-refractivity contribution < 1.29 is 4.79 Å². The standard InChI is InChI=1S/C17H21N3O2.ClH/c18-10-11-5-1-3-7-14(11)20-17(22)13-9-16(21)19-15-8-4-2-6-12(13)15;/h2,4,6,8-9,11,14H,1,3,5,7,10,18H2,(H,19,21)(H,20,22);1H. The number of aromatic amines is 1. The zero-order chi connectivity index (χ0) is 15.5. The number of hydrogen-bond donors (Lipinski definition) is 3. The Hall–Kier alpha value is -1.85. The molecule has 1 aliphatic carbocycles. The molecule has 6 heteroatoms. The highest BCUT2D eigenvalue weighted by molar-refractivity contribution is 6.06. The van der Waals surface area contributed by atoms with Crippen molar-refractivity contribution in [1.82, 2.24) is 10.3 Å². The number of amides is 1.